The lowest BCUT2D eigenvalue weighted by Gasteiger charge is -2.50. The van der Waals surface area contributed by atoms with Crippen LogP contribution >= 0.6 is 0 Å². The summed E-state index contributed by atoms with van der Waals surface area (Å²) in [6, 6.07) is 6.76. The van der Waals surface area contributed by atoms with E-state index in [0.29, 0.717) is 12.1 Å². The van der Waals surface area contributed by atoms with E-state index in [9.17, 15) is 13.5 Å². The van der Waals surface area contributed by atoms with Gasteiger partial charge >= 0.3 is 0 Å². The number of sulfonamides is 1. The molecular weight excluding hydrogens is 288 g/mol. The zero-order chi connectivity index (χ0) is 15.8. The summed E-state index contributed by atoms with van der Waals surface area (Å²) in [6.45, 7) is 7.53. The second kappa shape index (κ2) is 5.59. The fraction of sp³-hybridized carbons (Fsp3) is 0.600. The molecule has 2 rings (SSSR count). The molecule has 0 bridgehead atoms. The molecule has 1 saturated carbocycles. The van der Waals surface area contributed by atoms with Crippen LogP contribution in [0, 0.1) is 5.41 Å². The van der Waals surface area contributed by atoms with Gasteiger partial charge in [0.15, 0.2) is 0 Å². The second-order valence-electron chi connectivity index (χ2n) is 6.54. The molecule has 1 aromatic carbocycles. The second-order valence-corrected chi connectivity index (χ2v) is 8.22. The molecule has 118 valence electrons. The molecule has 0 aliphatic heterocycles. The SMILES string of the molecule is CC(C)NS(=O)(=O)c1ccccc1NC1CC(O)C1(C)C. The minimum Gasteiger partial charge on any atom is -0.392 e. The number of aliphatic hydroxyl groups is 1. The fourth-order valence-corrected chi connectivity index (χ4v) is 3.95. The maximum atomic E-state index is 12.4. The van der Waals surface area contributed by atoms with Crippen LogP contribution in [0.1, 0.15) is 34.1 Å². The van der Waals surface area contributed by atoms with Crippen molar-refractivity contribution in [1.82, 2.24) is 4.72 Å². The highest BCUT2D eigenvalue weighted by Gasteiger charge is 2.47. The summed E-state index contributed by atoms with van der Waals surface area (Å²) in [4.78, 5) is 0.246. The van der Waals surface area contributed by atoms with Crippen LogP contribution < -0.4 is 10.0 Å². The Morgan fingerprint density at radius 2 is 1.90 bits per heavy atom. The molecule has 2 unspecified atom stereocenters. The lowest BCUT2D eigenvalue weighted by atomic mass is 9.64. The molecule has 0 aromatic heterocycles. The molecular formula is C15H24N2O3S. The predicted molar refractivity (Wildman–Crippen MR) is 83.7 cm³/mol. The normalized spacial score (nSPS) is 24.7. The maximum absolute atomic E-state index is 12.4. The van der Waals surface area contributed by atoms with Gasteiger partial charge in [0.1, 0.15) is 4.90 Å². The highest BCUT2D eigenvalue weighted by Crippen LogP contribution is 2.42. The van der Waals surface area contributed by atoms with Crippen molar-refractivity contribution in [3.05, 3.63) is 24.3 Å². The third-order valence-corrected chi connectivity index (χ3v) is 5.83. The first kappa shape index (κ1) is 16.3. The quantitative estimate of drug-likeness (QED) is 0.776. The van der Waals surface area contributed by atoms with E-state index in [1.807, 2.05) is 13.8 Å². The fourth-order valence-electron chi connectivity index (χ4n) is 2.53. The van der Waals surface area contributed by atoms with Gasteiger partial charge in [0, 0.05) is 17.5 Å². The van der Waals surface area contributed by atoms with E-state index < -0.39 is 10.0 Å². The van der Waals surface area contributed by atoms with E-state index in [1.54, 1.807) is 38.1 Å². The maximum Gasteiger partial charge on any atom is 0.242 e. The zero-order valence-corrected chi connectivity index (χ0v) is 13.7. The molecule has 1 fully saturated rings. The summed E-state index contributed by atoms with van der Waals surface area (Å²) < 4.78 is 27.4. The Morgan fingerprint density at radius 1 is 1.29 bits per heavy atom. The Hall–Kier alpha value is -1.11. The number of hydrogen-bond acceptors (Lipinski definition) is 4. The van der Waals surface area contributed by atoms with Crippen LogP contribution in [0.4, 0.5) is 5.69 Å². The first-order valence-electron chi connectivity index (χ1n) is 7.20. The molecule has 0 amide bonds. The van der Waals surface area contributed by atoms with Crippen LogP contribution in [0.2, 0.25) is 0 Å². The summed E-state index contributed by atoms with van der Waals surface area (Å²) in [5.74, 6) is 0. The molecule has 2 atom stereocenters. The lowest BCUT2D eigenvalue weighted by molar-refractivity contribution is -0.0511. The van der Waals surface area contributed by atoms with Crippen LogP contribution in [0.3, 0.4) is 0 Å². The van der Waals surface area contributed by atoms with Gasteiger partial charge in [0.25, 0.3) is 0 Å². The Kier molecular flexibility index (Phi) is 4.33. The van der Waals surface area contributed by atoms with E-state index in [1.165, 1.54) is 0 Å². The zero-order valence-electron chi connectivity index (χ0n) is 12.9. The summed E-state index contributed by atoms with van der Waals surface area (Å²) in [5, 5.41) is 13.1. The van der Waals surface area contributed by atoms with Crippen LogP contribution in [-0.2, 0) is 10.0 Å². The van der Waals surface area contributed by atoms with Gasteiger partial charge in [-0.1, -0.05) is 26.0 Å². The van der Waals surface area contributed by atoms with Gasteiger partial charge in [-0.3, -0.25) is 0 Å². The molecule has 0 heterocycles. The van der Waals surface area contributed by atoms with Crippen molar-refractivity contribution in [3.8, 4) is 0 Å². The highest BCUT2D eigenvalue weighted by atomic mass is 32.2. The molecule has 3 N–H and O–H groups in total. The van der Waals surface area contributed by atoms with Gasteiger partial charge in [-0.2, -0.15) is 0 Å². The Balaban J connectivity index is 2.26. The Morgan fingerprint density at radius 3 is 2.43 bits per heavy atom. The summed E-state index contributed by atoms with van der Waals surface area (Å²) >= 11 is 0. The minimum absolute atomic E-state index is 0.0582. The third-order valence-electron chi connectivity index (χ3n) is 4.11. The van der Waals surface area contributed by atoms with Gasteiger partial charge in [0.2, 0.25) is 10.0 Å². The third kappa shape index (κ3) is 3.22. The molecule has 0 saturated heterocycles. The van der Waals surface area contributed by atoms with Crippen molar-refractivity contribution in [1.29, 1.82) is 0 Å². The predicted octanol–water partition coefficient (Wildman–Crippen LogP) is 1.94. The van der Waals surface area contributed by atoms with Gasteiger partial charge in [-0.25, -0.2) is 13.1 Å². The molecule has 21 heavy (non-hydrogen) atoms. The number of benzene rings is 1. The average molecular weight is 312 g/mol. The molecule has 1 aliphatic carbocycles. The smallest absolute Gasteiger partial charge is 0.242 e. The van der Waals surface area contributed by atoms with E-state index >= 15 is 0 Å². The topological polar surface area (TPSA) is 78.4 Å². The van der Waals surface area contributed by atoms with Gasteiger partial charge in [-0.05, 0) is 32.4 Å². The van der Waals surface area contributed by atoms with Crippen molar-refractivity contribution in [2.45, 2.75) is 57.2 Å². The van der Waals surface area contributed by atoms with Crippen molar-refractivity contribution < 1.29 is 13.5 Å². The van der Waals surface area contributed by atoms with Crippen LogP contribution in [0.5, 0.6) is 0 Å². The molecule has 0 spiro atoms. The van der Waals surface area contributed by atoms with Gasteiger partial charge in [0.05, 0.1) is 11.8 Å². The van der Waals surface area contributed by atoms with Gasteiger partial charge in [-0.15, -0.1) is 0 Å². The molecule has 5 nitrogen and oxygen atoms in total. The average Bonchev–Trinajstić information content (AvgIpc) is 2.37. The number of rotatable bonds is 5. The number of nitrogens with one attached hydrogen (secondary N) is 2. The van der Waals surface area contributed by atoms with Crippen LogP contribution in [0.25, 0.3) is 0 Å². The van der Waals surface area contributed by atoms with E-state index in [0.717, 1.165) is 0 Å². The number of para-hydroxylation sites is 1. The summed E-state index contributed by atoms with van der Waals surface area (Å²) in [6.07, 6.45) is 0.270. The summed E-state index contributed by atoms with van der Waals surface area (Å²) in [7, 11) is -3.55. The molecule has 1 aromatic rings. The number of anilines is 1. The van der Waals surface area contributed by atoms with E-state index in [4.69, 9.17) is 0 Å². The first-order chi connectivity index (χ1) is 9.64. The number of aliphatic hydroxyl groups excluding tert-OH is 1. The van der Waals surface area contributed by atoms with Crippen LogP contribution in [0.15, 0.2) is 29.2 Å². The Labute approximate surface area is 126 Å². The summed E-state index contributed by atoms with van der Waals surface area (Å²) in [5.41, 5.74) is 0.318. The van der Waals surface area contributed by atoms with E-state index in [2.05, 4.69) is 10.0 Å². The van der Waals surface area contributed by atoms with E-state index in [-0.39, 0.29) is 28.5 Å². The molecule has 1 aliphatic rings. The van der Waals surface area contributed by atoms with Crippen molar-refractivity contribution in [3.63, 3.8) is 0 Å². The van der Waals surface area contributed by atoms with Gasteiger partial charge < -0.3 is 10.4 Å². The first-order valence-corrected chi connectivity index (χ1v) is 8.69. The van der Waals surface area contributed by atoms with Crippen LogP contribution in [-0.4, -0.2) is 31.7 Å². The van der Waals surface area contributed by atoms with Crippen molar-refractivity contribution in [2.75, 3.05) is 5.32 Å². The molecule has 6 heteroatoms. The monoisotopic (exact) mass is 312 g/mol. The molecule has 0 radical (unpaired) electrons. The standard InChI is InChI=1S/C15H24N2O3S/c1-10(2)17-21(19,20)12-8-6-5-7-11(12)16-13-9-14(18)15(13,3)4/h5-8,10,13-14,16-18H,9H2,1-4H3. The highest BCUT2D eigenvalue weighted by molar-refractivity contribution is 7.89. The van der Waals surface area contributed by atoms with Crippen molar-refractivity contribution in [2.24, 2.45) is 5.41 Å². The largest absolute Gasteiger partial charge is 0.392 e. The van der Waals surface area contributed by atoms with Crippen molar-refractivity contribution >= 4 is 15.7 Å². The lowest BCUT2D eigenvalue weighted by Crippen LogP contribution is -2.57. The number of hydrogen-bond donors (Lipinski definition) is 3. The minimum atomic E-state index is -3.55. The Bertz CT molecular complexity index is 611.